The fourth-order valence-electron chi connectivity index (χ4n) is 5.41. The Balaban J connectivity index is 1.25. The first-order valence-corrected chi connectivity index (χ1v) is 13.9. The molecular weight excluding hydrogens is 540 g/mol. The highest BCUT2D eigenvalue weighted by atomic mass is 16.3. The van der Waals surface area contributed by atoms with Crippen LogP contribution in [-0.4, -0.2) is 85.7 Å². The zero-order chi connectivity index (χ0) is 30.1. The Morgan fingerprint density at radius 2 is 1.79 bits per heavy atom. The average molecular weight is 575 g/mol. The molecule has 0 radical (unpaired) electrons. The summed E-state index contributed by atoms with van der Waals surface area (Å²) in [4.78, 5) is 53.8. The summed E-state index contributed by atoms with van der Waals surface area (Å²) in [5, 5.41) is 27.5. The molecule has 3 N–H and O–H groups in total. The number of carbonyl (C=O) groups excluding carboxylic acids is 3. The first kappa shape index (κ1) is 28.7. The average Bonchev–Trinajstić information content (AvgIpc) is 3.63. The lowest BCUT2D eigenvalue weighted by atomic mass is 9.98. The molecule has 0 aliphatic carbocycles. The quantitative estimate of drug-likeness (QED) is 0.312. The molecule has 3 heterocycles. The number of phenols is 2. The fraction of sp³-hybridized carbons (Fsp3) is 0.367. The number of nitrogens with one attached hydrogen (secondary N) is 1. The molecule has 42 heavy (non-hydrogen) atoms. The zero-order valence-electron chi connectivity index (χ0n) is 23.8. The van der Waals surface area contributed by atoms with Crippen LogP contribution in [-0.2, 0) is 20.8 Å². The number of phenolic OH excluding ortho intramolecular Hbond substituents is 2. The van der Waals surface area contributed by atoms with Gasteiger partial charge in [0, 0.05) is 63.6 Å². The van der Waals surface area contributed by atoms with Gasteiger partial charge in [0.05, 0.1) is 11.3 Å². The van der Waals surface area contributed by atoms with Crippen molar-refractivity contribution in [2.45, 2.75) is 39.0 Å². The van der Waals surface area contributed by atoms with Crippen molar-refractivity contribution in [2.24, 2.45) is 0 Å². The molecule has 2 aromatic carbocycles. The van der Waals surface area contributed by atoms with Crippen LogP contribution in [0.5, 0.6) is 11.5 Å². The Hall–Kier alpha value is -4.87. The molecule has 2 aliphatic heterocycles. The number of amides is 3. The molecule has 220 valence electrons. The number of hydrogen-bond donors (Lipinski definition) is 3. The van der Waals surface area contributed by atoms with E-state index in [4.69, 9.17) is 0 Å². The summed E-state index contributed by atoms with van der Waals surface area (Å²) in [5.41, 5.74) is 3.18. The smallest absolute Gasteiger partial charge is 0.348 e. The van der Waals surface area contributed by atoms with Gasteiger partial charge in [0.2, 0.25) is 5.91 Å². The van der Waals surface area contributed by atoms with Crippen molar-refractivity contribution in [3.8, 4) is 28.6 Å². The second-order valence-corrected chi connectivity index (χ2v) is 10.9. The van der Waals surface area contributed by atoms with Crippen LogP contribution in [0.25, 0.3) is 17.1 Å². The second-order valence-electron chi connectivity index (χ2n) is 10.9. The molecule has 1 aromatic heterocycles. The Bertz CT molecular complexity index is 1620. The first-order chi connectivity index (χ1) is 20.0. The van der Waals surface area contributed by atoms with Gasteiger partial charge in [-0.05, 0) is 54.2 Å². The van der Waals surface area contributed by atoms with Gasteiger partial charge in [-0.3, -0.25) is 19.3 Å². The molecule has 12 nitrogen and oxygen atoms in total. The van der Waals surface area contributed by atoms with E-state index < -0.39 is 5.69 Å². The number of H-pyrrole nitrogens is 1. The minimum Gasteiger partial charge on any atom is -0.508 e. The van der Waals surface area contributed by atoms with Gasteiger partial charge >= 0.3 is 5.69 Å². The third-order valence-electron chi connectivity index (χ3n) is 7.80. The number of rotatable bonds is 10. The molecule has 5 rings (SSSR count). The summed E-state index contributed by atoms with van der Waals surface area (Å²) in [6.07, 6.45) is 3.89. The van der Waals surface area contributed by atoms with Crippen molar-refractivity contribution in [3.05, 3.63) is 64.1 Å². The normalized spacial score (nSPS) is 14.4. The van der Waals surface area contributed by atoms with Crippen LogP contribution in [0.2, 0.25) is 0 Å². The number of imide groups is 1. The lowest BCUT2D eigenvalue weighted by molar-refractivity contribution is -0.138. The maximum atomic E-state index is 12.8. The van der Waals surface area contributed by atoms with Gasteiger partial charge in [0.25, 0.3) is 11.8 Å². The third kappa shape index (κ3) is 5.52. The topological polar surface area (TPSA) is 152 Å². The molecular formula is C30H34N6O6. The van der Waals surface area contributed by atoms with Crippen molar-refractivity contribution in [3.63, 3.8) is 0 Å². The molecule has 0 atom stereocenters. The Kier molecular flexibility index (Phi) is 7.88. The number of nitrogens with zero attached hydrogens (tertiary/aromatic N) is 5. The van der Waals surface area contributed by atoms with Gasteiger partial charge < -0.3 is 20.0 Å². The van der Waals surface area contributed by atoms with E-state index in [1.807, 2.05) is 32.0 Å². The molecule has 0 saturated heterocycles. The number of aromatic amines is 1. The van der Waals surface area contributed by atoms with E-state index in [2.05, 4.69) is 15.1 Å². The van der Waals surface area contributed by atoms with Crippen molar-refractivity contribution < 1.29 is 24.6 Å². The molecule has 0 bridgehead atoms. The van der Waals surface area contributed by atoms with Crippen molar-refractivity contribution in [1.82, 2.24) is 24.6 Å². The lowest BCUT2D eigenvalue weighted by Gasteiger charge is -2.24. The Morgan fingerprint density at radius 3 is 2.50 bits per heavy atom. The number of aromatic nitrogens is 3. The number of aromatic hydroxyl groups is 2. The Labute approximate surface area is 242 Å². The first-order valence-electron chi connectivity index (χ1n) is 13.9. The van der Waals surface area contributed by atoms with Crippen LogP contribution in [0.1, 0.15) is 43.7 Å². The highest BCUT2D eigenvalue weighted by Gasteiger charge is 2.25. The van der Waals surface area contributed by atoms with Gasteiger partial charge in [-0.1, -0.05) is 13.8 Å². The van der Waals surface area contributed by atoms with Crippen molar-refractivity contribution >= 4 is 23.4 Å². The van der Waals surface area contributed by atoms with Gasteiger partial charge in [-0.15, -0.1) is 0 Å². The largest absolute Gasteiger partial charge is 0.508 e. The summed E-state index contributed by atoms with van der Waals surface area (Å²) < 4.78 is 1.41. The third-order valence-corrected chi connectivity index (χ3v) is 7.80. The van der Waals surface area contributed by atoms with Crippen LogP contribution in [0, 0.1) is 0 Å². The monoisotopic (exact) mass is 574 g/mol. The van der Waals surface area contributed by atoms with Crippen LogP contribution in [0.4, 0.5) is 5.69 Å². The van der Waals surface area contributed by atoms with Crippen LogP contribution >= 0.6 is 0 Å². The van der Waals surface area contributed by atoms with E-state index in [0.29, 0.717) is 36.3 Å². The maximum Gasteiger partial charge on any atom is 0.348 e. The van der Waals surface area contributed by atoms with E-state index in [1.54, 1.807) is 18.0 Å². The number of likely N-dealkylation sites (N-methyl/N-ethyl adjacent to an activating group) is 1. The number of anilines is 1. The summed E-state index contributed by atoms with van der Waals surface area (Å²) in [5.74, 6) is -0.710. The van der Waals surface area contributed by atoms with Crippen molar-refractivity contribution in [2.75, 3.05) is 38.1 Å². The number of carbonyl (C=O) groups is 3. The van der Waals surface area contributed by atoms with Crippen LogP contribution in [0.15, 0.2) is 47.3 Å². The van der Waals surface area contributed by atoms with Gasteiger partial charge in [-0.2, -0.15) is 5.10 Å². The van der Waals surface area contributed by atoms with Gasteiger partial charge in [0.1, 0.15) is 11.5 Å². The minimum atomic E-state index is -0.451. The van der Waals surface area contributed by atoms with E-state index in [-0.39, 0.29) is 53.9 Å². The van der Waals surface area contributed by atoms with E-state index >= 15 is 0 Å². The molecule has 0 spiro atoms. The SMILES string of the molecule is CC(C)c1cc(-c2n[nH]c(=O)n2-c2ccc3c(c2)CCN3CCN(C)C(=O)CCCN2C(=O)C=CC2=O)c(O)cc1O. The molecule has 0 fully saturated rings. The number of hydrogen-bond acceptors (Lipinski definition) is 8. The standard InChI is InChI=1S/C30H34N6O6/c1-18(2)21-16-22(25(38)17-24(21)37)29-31-32-30(42)36(29)20-6-7-23-19(15-20)10-12-34(23)14-13-33(3)26(39)5-4-11-35-27(40)8-9-28(35)41/h6-9,15-18,37-38H,4-5,10-14H2,1-3H3,(H,32,42). The van der Waals surface area contributed by atoms with E-state index in [1.165, 1.54) is 22.8 Å². The summed E-state index contributed by atoms with van der Waals surface area (Å²) in [6, 6.07) is 8.61. The van der Waals surface area contributed by atoms with Gasteiger partial charge in [0.15, 0.2) is 5.82 Å². The number of benzene rings is 2. The molecule has 2 aliphatic rings. The fourth-order valence-corrected chi connectivity index (χ4v) is 5.41. The lowest BCUT2D eigenvalue weighted by Crippen LogP contribution is -2.36. The molecule has 12 heteroatoms. The van der Waals surface area contributed by atoms with Crippen molar-refractivity contribution in [1.29, 1.82) is 0 Å². The maximum absolute atomic E-state index is 12.8. The zero-order valence-corrected chi connectivity index (χ0v) is 23.8. The minimum absolute atomic E-state index is 0.00685. The number of fused-ring (bicyclic) bond motifs is 1. The van der Waals surface area contributed by atoms with E-state index in [0.717, 1.165) is 29.1 Å². The van der Waals surface area contributed by atoms with Gasteiger partial charge in [-0.25, -0.2) is 14.5 Å². The predicted octanol–water partition coefficient (Wildman–Crippen LogP) is 2.29. The molecule has 0 unspecified atom stereocenters. The Morgan fingerprint density at radius 1 is 1.05 bits per heavy atom. The van der Waals surface area contributed by atoms with Crippen LogP contribution in [0.3, 0.4) is 0 Å². The molecule has 3 amide bonds. The highest BCUT2D eigenvalue weighted by Crippen LogP contribution is 2.38. The highest BCUT2D eigenvalue weighted by molar-refractivity contribution is 6.12. The molecule has 0 saturated carbocycles. The second kappa shape index (κ2) is 11.6. The van der Waals surface area contributed by atoms with Crippen LogP contribution < -0.4 is 10.6 Å². The summed E-state index contributed by atoms with van der Waals surface area (Å²) in [6.45, 7) is 5.96. The summed E-state index contributed by atoms with van der Waals surface area (Å²) in [7, 11) is 1.74. The predicted molar refractivity (Wildman–Crippen MR) is 156 cm³/mol. The van der Waals surface area contributed by atoms with E-state index in [9.17, 15) is 29.4 Å². The summed E-state index contributed by atoms with van der Waals surface area (Å²) >= 11 is 0. The molecule has 3 aromatic rings.